The zero-order valence-electron chi connectivity index (χ0n) is 16.3. The normalized spacial score (nSPS) is 13.0. The molecule has 0 heterocycles. The van der Waals surface area contributed by atoms with Crippen LogP contribution in [0.25, 0.3) is 0 Å². The first kappa shape index (κ1) is 23.4. The molecule has 0 aliphatic heterocycles. The molecule has 0 spiro atoms. The van der Waals surface area contributed by atoms with Crippen LogP contribution in [0.15, 0.2) is 48.5 Å². The van der Waals surface area contributed by atoms with E-state index in [9.17, 15) is 23.5 Å². The van der Waals surface area contributed by atoms with Gasteiger partial charge in [0, 0.05) is 22.4 Å². The molecule has 2 atom stereocenters. The second-order valence-electron chi connectivity index (χ2n) is 6.61. The molecule has 0 fully saturated rings. The first-order chi connectivity index (χ1) is 14.6. The van der Waals surface area contributed by atoms with E-state index >= 15 is 0 Å². The van der Waals surface area contributed by atoms with Crippen molar-refractivity contribution in [2.75, 3.05) is 5.73 Å². The molecule has 0 aliphatic carbocycles. The van der Waals surface area contributed by atoms with Gasteiger partial charge < -0.3 is 16.2 Å². The van der Waals surface area contributed by atoms with Crippen LogP contribution in [0.1, 0.15) is 28.4 Å². The van der Waals surface area contributed by atoms with Crippen molar-refractivity contribution in [1.29, 1.82) is 0 Å². The van der Waals surface area contributed by atoms with Gasteiger partial charge in [0.25, 0.3) is 18.2 Å². The summed E-state index contributed by atoms with van der Waals surface area (Å²) < 4.78 is 26.1. The summed E-state index contributed by atoms with van der Waals surface area (Å²) in [6, 6.07) is 10.6. The molecule has 7 nitrogen and oxygen atoms in total. The third-order valence-electron chi connectivity index (χ3n) is 4.21. The molecule has 0 aromatic heterocycles. The van der Waals surface area contributed by atoms with E-state index in [4.69, 9.17) is 10.9 Å². The molecule has 160 valence electrons. The predicted octanol–water partition coefficient (Wildman–Crippen LogP) is 1.29. The van der Waals surface area contributed by atoms with Crippen molar-refractivity contribution in [2.24, 2.45) is 0 Å². The Labute approximate surface area is 177 Å². The molecule has 31 heavy (non-hydrogen) atoms. The van der Waals surface area contributed by atoms with Crippen molar-refractivity contribution in [3.8, 4) is 23.7 Å². The number of nitrogens with one attached hydrogen (secondary N) is 2. The minimum Gasteiger partial charge on any atom is -0.399 e. The van der Waals surface area contributed by atoms with Crippen molar-refractivity contribution in [3.05, 3.63) is 65.2 Å². The van der Waals surface area contributed by atoms with Gasteiger partial charge in [-0.2, -0.15) is 0 Å². The van der Waals surface area contributed by atoms with Crippen LogP contribution in [0.3, 0.4) is 0 Å². The molecule has 0 aliphatic rings. The smallest absolute Gasteiger partial charge is 0.269 e. The van der Waals surface area contributed by atoms with Gasteiger partial charge in [-0.25, -0.2) is 14.3 Å². The summed E-state index contributed by atoms with van der Waals surface area (Å²) in [5.41, 5.74) is 5.77. The van der Waals surface area contributed by atoms with Gasteiger partial charge in [-0.3, -0.25) is 14.8 Å². The SMILES string of the molecule is CC(O)(C(F)F)[C@H](NC(=O)c1ccc(C#CC#Cc2ccc(N)cc2)cc1)C(=O)NO. The highest BCUT2D eigenvalue weighted by atomic mass is 19.3. The van der Waals surface area contributed by atoms with Gasteiger partial charge in [-0.1, -0.05) is 11.8 Å². The van der Waals surface area contributed by atoms with E-state index in [-0.39, 0.29) is 5.56 Å². The molecular formula is C22H19F2N3O4. The zero-order chi connectivity index (χ0) is 23.0. The molecule has 2 rings (SSSR count). The molecule has 9 heteroatoms. The number of hydroxylamine groups is 1. The lowest BCUT2D eigenvalue weighted by Crippen LogP contribution is -2.61. The van der Waals surface area contributed by atoms with Gasteiger partial charge >= 0.3 is 0 Å². The Morgan fingerprint density at radius 2 is 1.48 bits per heavy atom. The lowest BCUT2D eigenvalue weighted by Gasteiger charge is -2.30. The van der Waals surface area contributed by atoms with Crippen LogP contribution in [-0.2, 0) is 4.79 Å². The number of halogens is 2. The summed E-state index contributed by atoms with van der Waals surface area (Å²) in [6.45, 7) is 0.669. The third-order valence-corrected chi connectivity index (χ3v) is 4.21. The first-order valence-corrected chi connectivity index (χ1v) is 8.88. The Bertz CT molecular complexity index is 1060. The Balaban J connectivity index is 2.10. The topological polar surface area (TPSA) is 125 Å². The number of nitrogens with two attached hydrogens (primary N) is 1. The number of hydrogen-bond acceptors (Lipinski definition) is 5. The van der Waals surface area contributed by atoms with Crippen LogP contribution in [-0.4, -0.2) is 40.2 Å². The monoisotopic (exact) mass is 427 g/mol. The molecule has 0 saturated heterocycles. The minimum atomic E-state index is -3.36. The maximum atomic E-state index is 13.0. The lowest BCUT2D eigenvalue weighted by atomic mass is 9.95. The van der Waals surface area contributed by atoms with Crippen LogP contribution in [0.5, 0.6) is 0 Å². The average Bonchev–Trinajstić information content (AvgIpc) is 2.75. The number of alkyl halides is 2. The summed E-state index contributed by atoms with van der Waals surface area (Å²) in [5.74, 6) is 8.68. The summed E-state index contributed by atoms with van der Waals surface area (Å²) in [6.07, 6.45) is -3.36. The summed E-state index contributed by atoms with van der Waals surface area (Å²) in [7, 11) is 0. The number of carbonyl (C=O) groups is 2. The van der Waals surface area contributed by atoms with E-state index in [1.807, 2.05) is 5.32 Å². The quantitative estimate of drug-likeness (QED) is 0.213. The molecule has 0 radical (unpaired) electrons. The van der Waals surface area contributed by atoms with Gasteiger partial charge in [0.2, 0.25) is 0 Å². The van der Waals surface area contributed by atoms with Crippen LogP contribution in [0.2, 0.25) is 0 Å². The highest BCUT2D eigenvalue weighted by Crippen LogP contribution is 2.20. The summed E-state index contributed by atoms with van der Waals surface area (Å²) in [4.78, 5) is 23.9. The zero-order valence-corrected chi connectivity index (χ0v) is 16.3. The molecule has 6 N–H and O–H groups in total. The number of nitrogen functional groups attached to an aromatic ring is 1. The van der Waals surface area contributed by atoms with Crippen LogP contribution >= 0.6 is 0 Å². The van der Waals surface area contributed by atoms with E-state index in [0.29, 0.717) is 18.2 Å². The van der Waals surface area contributed by atoms with Crippen molar-refractivity contribution in [1.82, 2.24) is 10.8 Å². The minimum absolute atomic E-state index is 0.0271. The fourth-order valence-electron chi connectivity index (χ4n) is 2.36. The molecule has 2 amide bonds. The summed E-state index contributed by atoms with van der Waals surface area (Å²) >= 11 is 0. The largest absolute Gasteiger partial charge is 0.399 e. The molecular weight excluding hydrogens is 408 g/mol. The number of aliphatic hydroxyl groups is 1. The Morgan fingerprint density at radius 3 is 1.94 bits per heavy atom. The maximum absolute atomic E-state index is 13.0. The van der Waals surface area contributed by atoms with E-state index in [1.165, 1.54) is 24.3 Å². The standard InChI is InChI=1S/C22H19F2N3O4/c1-22(30,21(23)24)18(20(29)27-31)26-19(28)16-10-6-14(7-11-16)4-2-3-5-15-8-12-17(25)13-9-15/h6-13,18,21,30-31H,25H2,1H3,(H,26,28)(H,27,29)/t18-,22?/m1/s1. The predicted molar refractivity (Wildman–Crippen MR) is 109 cm³/mol. The number of amides is 2. The second-order valence-corrected chi connectivity index (χ2v) is 6.61. The average molecular weight is 427 g/mol. The van der Waals surface area contributed by atoms with Gasteiger partial charge in [-0.15, -0.1) is 0 Å². The van der Waals surface area contributed by atoms with Crippen molar-refractivity contribution in [2.45, 2.75) is 25.0 Å². The molecule has 0 bridgehead atoms. The Hall–Kier alpha value is -3.92. The van der Waals surface area contributed by atoms with Crippen LogP contribution < -0.4 is 16.5 Å². The van der Waals surface area contributed by atoms with E-state index < -0.39 is 29.9 Å². The number of carbonyl (C=O) groups excluding carboxylic acids is 2. The first-order valence-electron chi connectivity index (χ1n) is 8.88. The molecule has 1 unspecified atom stereocenters. The van der Waals surface area contributed by atoms with E-state index in [0.717, 1.165) is 11.0 Å². The van der Waals surface area contributed by atoms with Gasteiger partial charge in [-0.05, 0) is 67.3 Å². The van der Waals surface area contributed by atoms with Crippen LogP contribution in [0.4, 0.5) is 14.5 Å². The fraction of sp³-hybridized carbons (Fsp3) is 0.182. The lowest BCUT2D eigenvalue weighted by molar-refractivity contribution is -0.149. The van der Waals surface area contributed by atoms with Gasteiger partial charge in [0.15, 0.2) is 5.60 Å². The summed E-state index contributed by atoms with van der Waals surface area (Å²) in [5, 5.41) is 20.5. The highest BCUT2D eigenvalue weighted by Gasteiger charge is 2.46. The maximum Gasteiger partial charge on any atom is 0.269 e. The van der Waals surface area contributed by atoms with Crippen molar-refractivity contribution < 1.29 is 28.7 Å². The van der Waals surface area contributed by atoms with Gasteiger partial charge in [0.1, 0.15) is 6.04 Å². The van der Waals surface area contributed by atoms with E-state index in [1.54, 1.807) is 24.3 Å². The van der Waals surface area contributed by atoms with Crippen molar-refractivity contribution >= 4 is 17.5 Å². The fourth-order valence-corrected chi connectivity index (χ4v) is 2.36. The number of anilines is 1. The van der Waals surface area contributed by atoms with Crippen molar-refractivity contribution in [3.63, 3.8) is 0 Å². The van der Waals surface area contributed by atoms with Crippen LogP contribution in [0, 0.1) is 23.7 Å². The second kappa shape index (κ2) is 10.2. The molecule has 0 saturated carbocycles. The van der Waals surface area contributed by atoms with E-state index in [2.05, 4.69) is 23.7 Å². The highest BCUT2D eigenvalue weighted by molar-refractivity contribution is 5.97. The molecule has 2 aromatic carbocycles. The number of rotatable bonds is 5. The number of benzene rings is 2. The Kier molecular flexibility index (Phi) is 7.70. The Morgan fingerprint density at radius 1 is 1.00 bits per heavy atom. The number of hydrogen-bond donors (Lipinski definition) is 5. The van der Waals surface area contributed by atoms with Gasteiger partial charge in [0.05, 0.1) is 0 Å². The molecule has 2 aromatic rings. The third kappa shape index (κ3) is 6.28.